The Balaban J connectivity index is 1.20. The molecule has 0 spiro atoms. The van der Waals surface area contributed by atoms with E-state index in [0.717, 1.165) is 26.2 Å². The molecule has 2 heterocycles. The molecule has 3 aromatic carbocycles. The van der Waals surface area contributed by atoms with Crippen LogP contribution in [0.25, 0.3) is 0 Å². The van der Waals surface area contributed by atoms with Crippen LogP contribution in [0.5, 0.6) is 0 Å². The molecule has 0 aromatic heterocycles. The number of piperazine rings is 1. The van der Waals surface area contributed by atoms with E-state index in [0.29, 0.717) is 17.7 Å². The van der Waals surface area contributed by atoms with Gasteiger partial charge >= 0.3 is 0 Å². The monoisotopic (exact) mass is 455 g/mol. The van der Waals surface area contributed by atoms with Crippen molar-refractivity contribution in [3.8, 4) is 0 Å². The Labute approximate surface area is 200 Å². The molecule has 0 radical (unpaired) electrons. The summed E-state index contributed by atoms with van der Waals surface area (Å²) >= 11 is 0. The van der Waals surface area contributed by atoms with E-state index in [1.165, 1.54) is 16.0 Å². The first kappa shape index (κ1) is 22.5. The van der Waals surface area contributed by atoms with E-state index in [2.05, 4.69) is 58.3 Å². The lowest BCUT2D eigenvalue weighted by Crippen LogP contribution is -2.51. The van der Waals surface area contributed by atoms with E-state index in [-0.39, 0.29) is 24.4 Å². The summed E-state index contributed by atoms with van der Waals surface area (Å²) in [6, 6.07) is 28.1. The van der Waals surface area contributed by atoms with Crippen LogP contribution in [0.4, 0.5) is 0 Å². The molecule has 1 unspecified atom stereocenters. The molecule has 1 fully saturated rings. The minimum Gasteiger partial charge on any atom is -0.390 e. The van der Waals surface area contributed by atoms with Crippen molar-refractivity contribution >= 4 is 11.8 Å². The smallest absolute Gasteiger partial charge is 0.261 e. The summed E-state index contributed by atoms with van der Waals surface area (Å²) in [6.07, 6.45) is -0.784. The molecule has 1 saturated heterocycles. The Morgan fingerprint density at radius 3 is 1.62 bits per heavy atom. The highest BCUT2D eigenvalue weighted by molar-refractivity contribution is 6.21. The summed E-state index contributed by atoms with van der Waals surface area (Å²) in [7, 11) is 0. The fourth-order valence-electron chi connectivity index (χ4n) is 5.06. The number of hydrogen-bond acceptors (Lipinski definition) is 5. The zero-order chi connectivity index (χ0) is 23.5. The van der Waals surface area contributed by atoms with Crippen LogP contribution in [-0.2, 0) is 0 Å². The summed E-state index contributed by atoms with van der Waals surface area (Å²) in [5.74, 6) is -0.643. The minimum atomic E-state index is -0.784. The van der Waals surface area contributed by atoms with Crippen LogP contribution in [0.3, 0.4) is 0 Å². The summed E-state index contributed by atoms with van der Waals surface area (Å²) < 4.78 is 0. The first-order valence-corrected chi connectivity index (χ1v) is 11.8. The van der Waals surface area contributed by atoms with Crippen LogP contribution in [0.2, 0.25) is 0 Å². The molecule has 174 valence electrons. The van der Waals surface area contributed by atoms with Gasteiger partial charge in [-0.3, -0.25) is 24.3 Å². The van der Waals surface area contributed by atoms with Crippen LogP contribution in [0.1, 0.15) is 37.9 Å². The van der Waals surface area contributed by atoms with E-state index >= 15 is 0 Å². The maximum absolute atomic E-state index is 12.6. The predicted octanol–water partition coefficient (Wildman–Crippen LogP) is 3.05. The van der Waals surface area contributed by atoms with Crippen molar-refractivity contribution in [2.75, 3.05) is 39.3 Å². The Bertz CT molecular complexity index is 1070. The van der Waals surface area contributed by atoms with Crippen molar-refractivity contribution in [3.05, 3.63) is 107 Å². The van der Waals surface area contributed by atoms with Gasteiger partial charge in [-0.2, -0.15) is 0 Å². The van der Waals surface area contributed by atoms with Crippen LogP contribution < -0.4 is 0 Å². The molecule has 34 heavy (non-hydrogen) atoms. The number of hydrogen-bond donors (Lipinski definition) is 1. The Morgan fingerprint density at radius 1 is 0.647 bits per heavy atom. The van der Waals surface area contributed by atoms with Crippen molar-refractivity contribution in [1.29, 1.82) is 0 Å². The lowest BCUT2D eigenvalue weighted by atomic mass is 9.96. The Hall–Kier alpha value is -3.32. The maximum atomic E-state index is 12.6. The van der Waals surface area contributed by atoms with Gasteiger partial charge in [0.05, 0.1) is 29.8 Å². The first-order chi connectivity index (χ1) is 16.6. The second-order valence-corrected chi connectivity index (χ2v) is 8.98. The van der Waals surface area contributed by atoms with E-state index in [1.54, 1.807) is 24.3 Å². The number of carbonyl (C=O) groups is 2. The molecule has 6 heteroatoms. The third-order valence-electron chi connectivity index (χ3n) is 6.74. The number of carbonyl (C=O) groups excluding carboxylic acids is 2. The summed E-state index contributed by atoms with van der Waals surface area (Å²) in [4.78, 5) is 31.1. The summed E-state index contributed by atoms with van der Waals surface area (Å²) in [5.41, 5.74) is 3.38. The Kier molecular flexibility index (Phi) is 6.54. The van der Waals surface area contributed by atoms with Crippen LogP contribution >= 0.6 is 0 Å². The number of rotatable bonds is 7. The molecule has 1 N–H and O–H groups in total. The summed E-state index contributed by atoms with van der Waals surface area (Å²) in [5, 5.41) is 10.7. The average molecular weight is 456 g/mol. The fourth-order valence-corrected chi connectivity index (χ4v) is 5.06. The number of amides is 2. The number of fused-ring (bicyclic) bond motifs is 1. The largest absolute Gasteiger partial charge is 0.390 e. The van der Waals surface area contributed by atoms with Gasteiger partial charge in [0.25, 0.3) is 11.8 Å². The third-order valence-corrected chi connectivity index (χ3v) is 6.74. The van der Waals surface area contributed by atoms with E-state index in [9.17, 15) is 14.7 Å². The van der Waals surface area contributed by atoms with Gasteiger partial charge in [0, 0.05) is 32.7 Å². The zero-order valence-electron chi connectivity index (χ0n) is 19.1. The lowest BCUT2D eigenvalue weighted by molar-refractivity contribution is 0.0369. The SMILES string of the molecule is O=C1c2ccccc2C(=O)N1CC(O)CN1CCN(C(c2ccccc2)c2ccccc2)CC1. The number of β-amino-alcohol motifs (C(OH)–C–C–N with tert-alkyl or cyclic N) is 1. The van der Waals surface area contributed by atoms with Crippen LogP contribution in [0, 0.1) is 0 Å². The molecular formula is C28H29N3O3. The molecule has 3 aromatic rings. The second kappa shape index (κ2) is 9.89. The standard InChI is InChI=1S/C28H29N3O3/c32-23(20-31-27(33)24-13-7-8-14-25(24)28(31)34)19-29-15-17-30(18-16-29)26(21-9-3-1-4-10-21)22-11-5-2-6-12-22/h1-14,23,26,32H,15-20H2. The van der Waals surface area contributed by atoms with Gasteiger partial charge in [0.15, 0.2) is 0 Å². The molecule has 0 saturated carbocycles. The molecule has 2 aliphatic heterocycles. The number of aliphatic hydroxyl groups is 1. The van der Waals surface area contributed by atoms with Gasteiger partial charge in [0.2, 0.25) is 0 Å². The first-order valence-electron chi connectivity index (χ1n) is 11.8. The molecule has 2 aliphatic rings. The van der Waals surface area contributed by atoms with Crippen molar-refractivity contribution in [1.82, 2.24) is 14.7 Å². The normalized spacial score (nSPS) is 17.9. The summed E-state index contributed by atoms with van der Waals surface area (Å²) in [6.45, 7) is 3.82. The van der Waals surface area contributed by atoms with Gasteiger partial charge in [-0.05, 0) is 23.3 Å². The highest BCUT2D eigenvalue weighted by Crippen LogP contribution is 2.29. The minimum absolute atomic E-state index is 0.0171. The predicted molar refractivity (Wildman–Crippen MR) is 131 cm³/mol. The quantitative estimate of drug-likeness (QED) is 0.555. The van der Waals surface area contributed by atoms with Crippen molar-refractivity contribution in [2.45, 2.75) is 12.1 Å². The fraction of sp³-hybridized carbons (Fsp3) is 0.286. The highest BCUT2D eigenvalue weighted by atomic mass is 16.3. The van der Waals surface area contributed by atoms with Gasteiger partial charge < -0.3 is 5.11 Å². The van der Waals surface area contributed by atoms with Crippen LogP contribution in [0.15, 0.2) is 84.9 Å². The van der Waals surface area contributed by atoms with Gasteiger partial charge in [-0.15, -0.1) is 0 Å². The Morgan fingerprint density at radius 2 is 1.12 bits per heavy atom. The van der Waals surface area contributed by atoms with Crippen LogP contribution in [-0.4, -0.2) is 77.0 Å². The average Bonchev–Trinajstić information content (AvgIpc) is 3.11. The van der Waals surface area contributed by atoms with Gasteiger partial charge in [-0.1, -0.05) is 72.8 Å². The molecular weight excluding hydrogens is 426 g/mol. The second-order valence-electron chi connectivity index (χ2n) is 8.98. The molecule has 0 bridgehead atoms. The van der Waals surface area contributed by atoms with Crippen molar-refractivity contribution in [2.24, 2.45) is 0 Å². The molecule has 0 aliphatic carbocycles. The highest BCUT2D eigenvalue weighted by Gasteiger charge is 2.36. The molecule has 2 amide bonds. The third kappa shape index (κ3) is 4.53. The number of nitrogens with zero attached hydrogens (tertiary/aromatic N) is 3. The lowest BCUT2D eigenvalue weighted by Gasteiger charge is -2.40. The molecule has 5 rings (SSSR count). The molecule has 6 nitrogen and oxygen atoms in total. The van der Waals surface area contributed by atoms with Gasteiger partial charge in [0.1, 0.15) is 0 Å². The van der Waals surface area contributed by atoms with E-state index in [4.69, 9.17) is 0 Å². The number of aliphatic hydroxyl groups excluding tert-OH is 1. The van der Waals surface area contributed by atoms with Crippen molar-refractivity contribution < 1.29 is 14.7 Å². The zero-order valence-corrected chi connectivity index (χ0v) is 19.1. The van der Waals surface area contributed by atoms with E-state index < -0.39 is 6.10 Å². The van der Waals surface area contributed by atoms with Crippen molar-refractivity contribution in [3.63, 3.8) is 0 Å². The van der Waals surface area contributed by atoms with Gasteiger partial charge in [-0.25, -0.2) is 0 Å². The van der Waals surface area contributed by atoms with E-state index in [1.807, 2.05) is 12.1 Å². The molecule has 1 atom stereocenters. The number of imide groups is 1. The topological polar surface area (TPSA) is 64.1 Å². The number of benzene rings is 3. The maximum Gasteiger partial charge on any atom is 0.261 e.